The number of hydrogen-bond donors (Lipinski definition) is 2. The number of methoxy groups -OCH3 is 1. The molecular formula is C26H28N4O5S. The third kappa shape index (κ3) is 6.70. The van der Waals surface area contributed by atoms with Crippen LogP contribution in [0.4, 0.5) is 11.4 Å². The smallest absolute Gasteiger partial charge is 0.263 e. The van der Waals surface area contributed by atoms with Crippen LogP contribution < -0.4 is 19.8 Å². The number of nitrogens with zero attached hydrogens (tertiary/aromatic N) is 2. The zero-order valence-electron chi connectivity index (χ0n) is 20.4. The lowest BCUT2D eigenvalue weighted by Gasteiger charge is -2.27. The number of amides is 2. The van der Waals surface area contributed by atoms with Gasteiger partial charge in [-0.2, -0.15) is 5.10 Å². The minimum atomic E-state index is -3.77. The summed E-state index contributed by atoms with van der Waals surface area (Å²) >= 11 is 0. The molecule has 9 nitrogen and oxygen atoms in total. The van der Waals surface area contributed by atoms with Crippen LogP contribution in [-0.2, 0) is 14.8 Å². The van der Waals surface area contributed by atoms with Crippen LogP contribution in [0.3, 0.4) is 0 Å². The molecule has 0 aliphatic rings. The number of ether oxygens (including phenoxy) is 1. The van der Waals surface area contributed by atoms with Crippen LogP contribution in [0.2, 0.25) is 0 Å². The summed E-state index contributed by atoms with van der Waals surface area (Å²) in [6.45, 7) is 3.17. The highest BCUT2D eigenvalue weighted by Gasteiger charge is 2.29. The largest absolute Gasteiger partial charge is 0.497 e. The maximum atomic E-state index is 12.8. The number of anilines is 2. The van der Waals surface area contributed by atoms with E-state index in [4.69, 9.17) is 4.74 Å². The van der Waals surface area contributed by atoms with Gasteiger partial charge in [0.25, 0.3) is 11.8 Å². The first kappa shape index (κ1) is 26.4. The van der Waals surface area contributed by atoms with Crippen molar-refractivity contribution >= 4 is 38.9 Å². The Kier molecular flexibility index (Phi) is 8.44. The fourth-order valence-corrected chi connectivity index (χ4v) is 4.62. The molecular weight excluding hydrogens is 480 g/mol. The Morgan fingerprint density at radius 2 is 1.58 bits per heavy atom. The molecule has 0 saturated carbocycles. The Labute approximate surface area is 210 Å². The van der Waals surface area contributed by atoms with Crippen LogP contribution in [-0.4, -0.2) is 45.4 Å². The number of carbonyl (C=O) groups excluding carboxylic acids is 2. The zero-order valence-corrected chi connectivity index (χ0v) is 21.2. The minimum Gasteiger partial charge on any atom is -0.497 e. The van der Waals surface area contributed by atoms with E-state index in [9.17, 15) is 18.0 Å². The van der Waals surface area contributed by atoms with Gasteiger partial charge >= 0.3 is 0 Å². The van der Waals surface area contributed by atoms with Crippen molar-refractivity contribution in [3.8, 4) is 5.75 Å². The highest BCUT2D eigenvalue weighted by molar-refractivity contribution is 7.92. The Hall–Kier alpha value is -4.18. The number of benzene rings is 3. The summed E-state index contributed by atoms with van der Waals surface area (Å²) in [5.74, 6) is -0.292. The number of sulfonamides is 1. The Balaban J connectivity index is 1.73. The van der Waals surface area contributed by atoms with E-state index in [1.54, 1.807) is 79.7 Å². The van der Waals surface area contributed by atoms with Crippen LogP contribution in [0.5, 0.6) is 5.75 Å². The summed E-state index contributed by atoms with van der Waals surface area (Å²) in [5, 5.41) is 6.97. The molecule has 2 N–H and O–H groups in total. The average molecular weight is 509 g/mol. The van der Waals surface area contributed by atoms with Gasteiger partial charge in [0.05, 0.1) is 24.8 Å². The standard InChI is InChI=1S/C26H28N4O5S/c1-18(21-11-8-12-22(17-21)27-26(32)20-9-6-5-7-10-20)28-29-25(31)19(2)30(36(4,33)34)23-13-15-24(35-3)16-14-23/h5-17,19H,1-4H3,(H,27,32)(H,29,31)/b28-18-/t19-/m0/s1. The molecule has 0 unspecified atom stereocenters. The molecule has 10 heteroatoms. The topological polar surface area (TPSA) is 117 Å². The number of rotatable bonds is 9. The maximum Gasteiger partial charge on any atom is 0.263 e. The lowest BCUT2D eigenvalue weighted by atomic mass is 10.1. The first-order valence-electron chi connectivity index (χ1n) is 11.0. The molecule has 0 aliphatic heterocycles. The van der Waals surface area contributed by atoms with Gasteiger partial charge in [0.2, 0.25) is 10.0 Å². The molecule has 188 valence electrons. The normalized spacial score (nSPS) is 12.4. The summed E-state index contributed by atoms with van der Waals surface area (Å²) in [7, 11) is -2.26. The molecule has 0 radical (unpaired) electrons. The van der Waals surface area contributed by atoms with Gasteiger partial charge in [0.1, 0.15) is 11.8 Å². The molecule has 0 aliphatic carbocycles. The molecule has 0 heterocycles. The van der Waals surface area contributed by atoms with E-state index in [2.05, 4.69) is 15.8 Å². The van der Waals surface area contributed by atoms with Crippen molar-refractivity contribution in [2.45, 2.75) is 19.9 Å². The van der Waals surface area contributed by atoms with Gasteiger partial charge in [0, 0.05) is 11.3 Å². The monoisotopic (exact) mass is 508 g/mol. The molecule has 3 rings (SSSR count). The maximum absolute atomic E-state index is 12.8. The third-order valence-corrected chi connectivity index (χ3v) is 6.57. The quantitative estimate of drug-likeness (QED) is 0.338. The molecule has 0 spiro atoms. The number of hydrogen-bond acceptors (Lipinski definition) is 6. The predicted octanol–water partition coefficient (Wildman–Crippen LogP) is 3.64. The van der Waals surface area contributed by atoms with Crippen molar-refractivity contribution in [1.29, 1.82) is 0 Å². The van der Waals surface area contributed by atoms with Crippen molar-refractivity contribution in [2.24, 2.45) is 5.10 Å². The minimum absolute atomic E-state index is 0.246. The van der Waals surface area contributed by atoms with E-state index < -0.39 is 22.0 Å². The van der Waals surface area contributed by atoms with Crippen molar-refractivity contribution in [3.63, 3.8) is 0 Å². The predicted molar refractivity (Wildman–Crippen MR) is 141 cm³/mol. The number of nitrogens with one attached hydrogen (secondary N) is 2. The Morgan fingerprint density at radius 1 is 0.944 bits per heavy atom. The van der Waals surface area contributed by atoms with E-state index in [0.29, 0.717) is 34.0 Å². The van der Waals surface area contributed by atoms with E-state index >= 15 is 0 Å². The molecule has 2 amide bonds. The third-order valence-electron chi connectivity index (χ3n) is 5.32. The summed E-state index contributed by atoms with van der Waals surface area (Å²) in [5.41, 5.74) is 5.01. The average Bonchev–Trinajstić information content (AvgIpc) is 2.87. The van der Waals surface area contributed by atoms with Gasteiger partial charge in [0.15, 0.2) is 0 Å². The summed E-state index contributed by atoms with van der Waals surface area (Å²) in [4.78, 5) is 25.3. The van der Waals surface area contributed by atoms with Gasteiger partial charge in [-0.15, -0.1) is 0 Å². The Morgan fingerprint density at radius 3 is 2.19 bits per heavy atom. The highest BCUT2D eigenvalue weighted by atomic mass is 32.2. The second-order valence-electron chi connectivity index (χ2n) is 8.01. The van der Waals surface area contributed by atoms with Gasteiger partial charge < -0.3 is 10.1 Å². The van der Waals surface area contributed by atoms with Gasteiger partial charge in [-0.3, -0.25) is 13.9 Å². The van der Waals surface area contributed by atoms with Crippen LogP contribution in [0.25, 0.3) is 0 Å². The SMILES string of the molecule is COc1ccc(N([C@@H](C)C(=O)N/N=C(/C)c2cccc(NC(=O)c3ccccc3)c2)S(C)(=O)=O)cc1. The molecule has 0 fully saturated rings. The van der Waals surface area contributed by atoms with Gasteiger partial charge in [-0.1, -0.05) is 30.3 Å². The first-order chi connectivity index (χ1) is 17.1. The Bertz CT molecular complexity index is 1360. The fourth-order valence-electron chi connectivity index (χ4n) is 3.45. The first-order valence-corrected chi connectivity index (χ1v) is 12.9. The van der Waals surface area contributed by atoms with Gasteiger partial charge in [-0.25, -0.2) is 13.8 Å². The molecule has 3 aromatic carbocycles. The summed E-state index contributed by atoms with van der Waals surface area (Å²) in [6.07, 6.45) is 1.03. The van der Waals surface area contributed by atoms with Crippen molar-refractivity contribution in [3.05, 3.63) is 90.0 Å². The van der Waals surface area contributed by atoms with Crippen LogP contribution in [0, 0.1) is 0 Å². The molecule has 3 aromatic rings. The van der Waals surface area contributed by atoms with E-state index in [0.717, 1.165) is 10.6 Å². The lowest BCUT2D eigenvalue weighted by Crippen LogP contribution is -2.46. The van der Waals surface area contributed by atoms with Crippen molar-refractivity contribution in [2.75, 3.05) is 23.0 Å². The molecule has 0 aromatic heterocycles. The number of hydrazone groups is 1. The van der Waals surface area contributed by atoms with Crippen LogP contribution in [0.15, 0.2) is 84.0 Å². The zero-order chi connectivity index (χ0) is 26.3. The second kappa shape index (κ2) is 11.5. The summed E-state index contributed by atoms with van der Waals surface area (Å²) < 4.78 is 31.1. The van der Waals surface area contributed by atoms with E-state index in [1.165, 1.54) is 14.0 Å². The van der Waals surface area contributed by atoms with Crippen LogP contribution >= 0.6 is 0 Å². The highest BCUT2D eigenvalue weighted by Crippen LogP contribution is 2.24. The summed E-state index contributed by atoms with van der Waals surface area (Å²) in [6, 6.07) is 21.1. The van der Waals surface area contributed by atoms with Crippen molar-refractivity contribution < 1.29 is 22.7 Å². The fraction of sp³-hybridized carbons (Fsp3) is 0.192. The van der Waals surface area contributed by atoms with Gasteiger partial charge in [-0.05, 0) is 67.9 Å². The lowest BCUT2D eigenvalue weighted by molar-refractivity contribution is -0.121. The second-order valence-corrected chi connectivity index (χ2v) is 9.87. The van der Waals surface area contributed by atoms with Crippen LogP contribution in [0.1, 0.15) is 29.8 Å². The molecule has 0 bridgehead atoms. The molecule has 1 atom stereocenters. The molecule has 36 heavy (non-hydrogen) atoms. The van der Waals surface area contributed by atoms with E-state index in [-0.39, 0.29) is 5.91 Å². The molecule has 0 saturated heterocycles. The van der Waals surface area contributed by atoms with E-state index in [1.807, 2.05) is 6.07 Å². The number of carbonyl (C=O) groups is 2. The van der Waals surface area contributed by atoms with Crippen molar-refractivity contribution in [1.82, 2.24) is 5.43 Å².